The molecule has 0 aliphatic carbocycles. The number of aliphatic hydroxyl groups is 1. The Morgan fingerprint density at radius 3 is 2.48 bits per heavy atom. The van der Waals surface area contributed by atoms with Crippen LogP contribution in [-0.4, -0.2) is 30.9 Å². The first-order valence-electron chi connectivity index (χ1n) is 6.51. The van der Waals surface area contributed by atoms with Crippen molar-refractivity contribution < 1.29 is 32.9 Å². The van der Waals surface area contributed by atoms with Crippen LogP contribution in [0, 0.1) is 0 Å². The van der Waals surface area contributed by atoms with Crippen LogP contribution in [-0.2, 0) is 15.5 Å². The normalized spacial score (nSPS) is 15.5. The van der Waals surface area contributed by atoms with Gasteiger partial charge in [0.25, 0.3) is 5.92 Å². The second-order valence-electron chi connectivity index (χ2n) is 4.63. The number of hydrogen-bond donors (Lipinski definition) is 1. The summed E-state index contributed by atoms with van der Waals surface area (Å²) in [5, 5.41) is 9.96. The van der Waals surface area contributed by atoms with E-state index in [1.807, 2.05) is 0 Å². The van der Waals surface area contributed by atoms with Crippen LogP contribution in [0.15, 0.2) is 12.1 Å². The molecule has 1 aliphatic heterocycles. The van der Waals surface area contributed by atoms with Gasteiger partial charge in [0.15, 0.2) is 17.6 Å². The summed E-state index contributed by atoms with van der Waals surface area (Å²) in [6.45, 7) is 2.80. The summed E-state index contributed by atoms with van der Waals surface area (Å²) in [7, 11) is 0. The smallest absolute Gasteiger partial charge is 0.339 e. The molecule has 0 spiro atoms. The summed E-state index contributed by atoms with van der Waals surface area (Å²) in [6.07, 6.45) is -1.80. The quantitative estimate of drug-likeness (QED) is 0.864. The molecule has 0 saturated heterocycles. The van der Waals surface area contributed by atoms with E-state index in [1.165, 1.54) is 6.07 Å². The van der Waals surface area contributed by atoms with Crippen molar-refractivity contribution in [3.8, 4) is 11.5 Å². The van der Waals surface area contributed by atoms with Crippen LogP contribution in [0.2, 0.25) is 0 Å². The van der Waals surface area contributed by atoms with Crippen LogP contribution in [0.5, 0.6) is 11.5 Å². The second kappa shape index (κ2) is 5.85. The highest BCUT2D eigenvalue weighted by molar-refractivity contribution is 5.77. The molecule has 0 radical (unpaired) electrons. The van der Waals surface area contributed by atoms with Gasteiger partial charge in [0.1, 0.15) is 13.2 Å². The summed E-state index contributed by atoms with van der Waals surface area (Å²) < 4.78 is 42.7. The number of alkyl halides is 2. The van der Waals surface area contributed by atoms with Crippen molar-refractivity contribution in [2.75, 3.05) is 19.8 Å². The monoisotopic (exact) mass is 302 g/mol. The predicted molar refractivity (Wildman–Crippen MR) is 68.6 cm³/mol. The van der Waals surface area contributed by atoms with Crippen LogP contribution in [0.3, 0.4) is 0 Å². The average Bonchev–Trinajstić information content (AvgIpc) is 2.44. The molecule has 1 unspecified atom stereocenters. The van der Waals surface area contributed by atoms with E-state index in [-0.39, 0.29) is 36.9 Å². The highest BCUT2D eigenvalue weighted by atomic mass is 19.3. The molecule has 0 amide bonds. The molecule has 1 atom stereocenters. The zero-order valence-electron chi connectivity index (χ0n) is 11.7. The topological polar surface area (TPSA) is 65.0 Å². The van der Waals surface area contributed by atoms with Crippen LogP contribution in [0.25, 0.3) is 0 Å². The standard InChI is InChI=1S/C14H16F2O5/c1-3-19-13(18)12(17)8-6-10-11(21-5-4-20-10)7-9(8)14(2,15)16/h6-7,12,17H,3-5H2,1-2H3. The number of rotatable bonds is 4. The van der Waals surface area contributed by atoms with Crippen molar-refractivity contribution in [2.24, 2.45) is 0 Å². The van der Waals surface area contributed by atoms with Crippen LogP contribution >= 0.6 is 0 Å². The number of benzene rings is 1. The van der Waals surface area contributed by atoms with Crippen molar-refractivity contribution in [3.63, 3.8) is 0 Å². The highest BCUT2D eigenvalue weighted by Crippen LogP contribution is 2.41. The third-order valence-corrected chi connectivity index (χ3v) is 2.99. The summed E-state index contributed by atoms with van der Waals surface area (Å²) in [4.78, 5) is 11.6. The summed E-state index contributed by atoms with van der Waals surface area (Å²) >= 11 is 0. The number of halogens is 2. The zero-order chi connectivity index (χ0) is 15.6. The van der Waals surface area contributed by atoms with Gasteiger partial charge >= 0.3 is 5.97 Å². The van der Waals surface area contributed by atoms with E-state index in [1.54, 1.807) is 6.92 Å². The number of carbonyl (C=O) groups excluding carboxylic acids is 1. The lowest BCUT2D eigenvalue weighted by Crippen LogP contribution is -2.22. The number of carbonyl (C=O) groups is 1. The van der Waals surface area contributed by atoms with Gasteiger partial charge in [0.05, 0.1) is 6.61 Å². The van der Waals surface area contributed by atoms with Crippen molar-refractivity contribution in [1.29, 1.82) is 0 Å². The van der Waals surface area contributed by atoms with Crippen LogP contribution in [0.1, 0.15) is 31.1 Å². The number of hydrogen-bond acceptors (Lipinski definition) is 5. The first-order chi connectivity index (χ1) is 9.84. The predicted octanol–water partition coefficient (Wildman–Crippen LogP) is 2.17. The van der Waals surface area contributed by atoms with Crippen LogP contribution < -0.4 is 9.47 Å². The third-order valence-electron chi connectivity index (χ3n) is 2.99. The number of ether oxygens (including phenoxy) is 3. The molecular weight excluding hydrogens is 286 g/mol. The molecule has 1 heterocycles. The average molecular weight is 302 g/mol. The lowest BCUT2D eigenvalue weighted by molar-refractivity contribution is -0.153. The fourth-order valence-electron chi connectivity index (χ4n) is 2.06. The Morgan fingerprint density at radius 2 is 1.95 bits per heavy atom. The Kier molecular flexibility index (Phi) is 4.32. The SMILES string of the molecule is CCOC(=O)C(O)c1cc2c(cc1C(C)(F)F)OCCO2. The molecule has 0 aromatic heterocycles. The lowest BCUT2D eigenvalue weighted by Gasteiger charge is -2.24. The van der Waals surface area contributed by atoms with Crippen molar-refractivity contribution in [1.82, 2.24) is 0 Å². The maximum atomic E-state index is 13.7. The van der Waals surface area contributed by atoms with E-state index in [4.69, 9.17) is 9.47 Å². The minimum absolute atomic E-state index is 0.0400. The molecule has 1 aromatic rings. The molecule has 0 bridgehead atoms. The molecule has 5 nitrogen and oxygen atoms in total. The minimum Gasteiger partial charge on any atom is -0.486 e. The molecule has 116 valence electrons. The molecular formula is C14H16F2O5. The molecule has 1 aliphatic rings. The maximum absolute atomic E-state index is 13.7. The van der Waals surface area contributed by atoms with E-state index < -0.39 is 23.6 Å². The van der Waals surface area contributed by atoms with E-state index in [0.29, 0.717) is 6.92 Å². The van der Waals surface area contributed by atoms with Gasteiger partial charge in [-0.3, -0.25) is 0 Å². The molecule has 0 saturated carbocycles. The van der Waals surface area contributed by atoms with Crippen molar-refractivity contribution in [2.45, 2.75) is 25.9 Å². The Bertz CT molecular complexity index is 539. The van der Waals surface area contributed by atoms with Gasteiger partial charge in [-0.05, 0) is 19.1 Å². The number of aliphatic hydroxyl groups excluding tert-OH is 1. The minimum atomic E-state index is -3.25. The van der Waals surface area contributed by atoms with E-state index >= 15 is 0 Å². The first kappa shape index (κ1) is 15.5. The van der Waals surface area contributed by atoms with Crippen molar-refractivity contribution >= 4 is 5.97 Å². The maximum Gasteiger partial charge on any atom is 0.339 e. The molecule has 7 heteroatoms. The highest BCUT2D eigenvalue weighted by Gasteiger charge is 2.35. The Morgan fingerprint density at radius 1 is 1.38 bits per heavy atom. The summed E-state index contributed by atoms with van der Waals surface area (Å²) in [5.74, 6) is -3.86. The molecule has 2 rings (SSSR count). The number of fused-ring (bicyclic) bond motifs is 1. The molecule has 21 heavy (non-hydrogen) atoms. The zero-order valence-corrected chi connectivity index (χ0v) is 11.7. The fraction of sp³-hybridized carbons (Fsp3) is 0.500. The van der Waals surface area contributed by atoms with Gasteiger partial charge in [-0.2, -0.15) is 0 Å². The van der Waals surface area contributed by atoms with E-state index in [2.05, 4.69) is 4.74 Å². The van der Waals surface area contributed by atoms with Gasteiger partial charge in [0, 0.05) is 18.1 Å². The summed E-state index contributed by atoms with van der Waals surface area (Å²) in [6, 6.07) is 2.29. The largest absolute Gasteiger partial charge is 0.486 e. The van der Waals surface area contributed by atoms with Gasteiger partial charge in [-0.25, -0.2) is 13.6 Å². The van der Waals surface area contributed by atoms with Gasteiger partial charge < -0.3 is 19.3 Å². The molecule has 0 fully saturated rings. The Balaban J connectivity index is 2.49. The molecule has 1 N–H and O–H groups in total. The first-order valence-corrected chi connectivity index (χ1v) is 6.51. The second-order valence-corrected chi connectivity index (χ2v) is 4.63. The fourth-order valence-corrected chi connectivity index (χ4v) is 2.06. The van der Waals surface area contributed by atoms with Gasteiger partial charge in [-0.1, -0.05) is 0 Å². The third kappa shape index (κ3) is 3.24. The Hall–Kier alpha value is -1.89. The lowest BCUT2D eigenvalue weighted by atomic mass is 9.97. The molecule has 1 aromatic carbocycles. The van der Waals surface area contributed by atoms with E-state index in [9.17, 15) is 18.7 Å². The van der Waals surface area contributed by atoms with Gasteiger partial charge in [-0.15, -0.1) is 0 Å². The number of esters is 1. The summed E-state index contributed by atoms with van der Waals surface area (Å²) in [5.41, 5.74) is -0.738. The van der Waals surface area contributed by atoms with Gasteiger partial charge in [0.2, 0.25) is 0 Å². The van der Waals surface area contributed by atoms with Crippen LogP contribution in [0.4, 0.5) is 8.78 Å². The van der Waals surface area contributed by atoms with Crippen molar-refractivity contribution in [3.05, 3.63) is 23.3 Å². The Labute approximate surface area is 120 Å². The van der Waals surface area contributed by atoms with E-state index in [0.717, 1.165) is 6.07 Å².